The Morgan fingerprint density at radius 2 is 1.81 bits per heavy atom. The Kier molecular flexibility index (Phi) is 8.51. The van der Waals surface area contributed by atoms with Crippen LogP contribution in [0.1, 0.15) is 57.5 Å². The summed E-state index contributed by atoms with van der Waals surface area (Å²) in [5.41, 5.74) is 2.68. The molecule has 3 heterocycles. The smallest absolute Gasteiger partial charge is 0.306 e. The average molecular weight is 493 g/mol. The molecule has 1 fully saturated rings. The molecule has 1 aromatic carbocycles. The zero-order valence-electron chi connectivity index (χ0n) is 21.6. The molecule has 1 aliphatic rings. The van der Waals surface area contributed by atoms with Crippen molar-refractivity contribution >= 4 is 28.7 Å². The minimum absolute atomic E-state index is 0.00514. The number of fused-ring (bicyclic) bond motifs is 1. The van der Waals surface area contributed by atoms with E-state index in [1.54, 1.807) is 6.92 Å². The molecular weight excluding hydrogens is 456 g/mol. The molecule has 0 unspecified atom stereocenters. The minimum atomic E-state index is -0.323. The molecule has 192 valence electrons. The Hall–Kier alpha value is -3.49. The first-order valence-corrected chi connectivity index (χ1v) is 13.0. The number of carbonyl (C=O) groups excluding carboxylic acids is 2. The number of para-hydroxylation sites is 1. The molecule has 0 N–H and O–H groups in total. The highest BCUT2D eigenvalue weighted by Gasteiger charge is 2.25. The van der Waals surface area contributed by atoms with Gasteiger partial charge in [-0.25, -0.2) is 14.6 Å². The molecule has 0 spiro atoms. The van der Waals surface area contributed by atoms with Crippen LogP contribution in [0, 0.1) is 6.92 Å². The molecule has 0 atom stereocenters. The normalized spacial score (nSPS) is 14.2. The van der Waals surface area contributed by atoms with Gasteiger partial charge in [-0.1, -0.05) is 31.5 Å². The number of amides is 1. The van der Waals surface area contributed by atoms with Crippen molar-refractivity contribution in [2.24, 2.45) is 0 Å². The first-order valence-electron chi connectivity index (χ1n) is 13.0. The van der Waals surface area contributed by atoms with E-state index in [9.17, 15) is 9.59 Å². The van der Waals surface area contributed by atoms with Gasteiger partial charge in [0.15, 0.2) is 5.65 Å². The number of nitrogens with zero attached hydrogens (tertiary/aromatic N) is 6. The van der Waals surface area contributed by atoms with Crippen molar-refractivity contribution in [2.45, 2.75) is 59.3 Å². The third-order valence-corrected chi connectivity index (χ3v) is 6.48. The molecule has 1 saturated heterocycles. The van der Waals surface area contributed by atoms with Crippen LogP contribution in [-0.2, 0) is 20.7 Å². The van der Waals surface area contributed by atoms with Crippen LogP contribution in [0.25, 0.3) is 16.7 Å². The third-order valence-electron chi connectivity index (χ3n) is 6.48. The van der Waals surface area contributed by atoms with Gasteiger partial charge in [-0.2, -0.15) is 5.10 Å². The molecule has 4 rings (SSSR count). The predicted octanol–water partition coefficient (Wildman–Crippen LogP) is 3.85. The molecule has 0 aliphatic carbocycles. The van der Waals surface area contributed by atoms with Crippen molar-refractivity contribution in [3.05, 3.63) is 41.9 Å². The van der Waals surface area contributed by atoms with Crippen molar-refractivity contribution in [3.63, 3.8) is 0 Å². The number of benzene rings is 1. The largest absolute Gasteiger partial charge is 0.466 e. The van der Waals surface area contributed by atoms with E-state index in [1.807, 2.05) is 46.8 Å². The second kappa shape index (κ2) is 12.0. The number of ether oxygens (including phenoxy) is 1. The van der Waals surface area contributed by atoms with Crippen LogP contribution in [0.15, 0.2) is 30.3 Å². The van der Waals surface area contributed by atoms with Crippen LogP contribution in [-0.4, -0.2) is 69.3 Å². The van der Waals surface area contributed by atoms with Gasteiger partial charge in [0, 0.05) is 39.0 Å². The molecule has 0 radical (unpaired) electrons. The predicted molar refractivity (Wildman–Crippen MR) is 139 cm³/mol. The quantitative estimate of drug-likeness (QED) is 0.419. The van der Waals surface area contributed by atoms with E-state index in [0.717, 1.165) is 66.3 Å². The summed E-state index contributed by atoms with van der Waals surface area (Å²) in [4.78, 5) is 38.5. The van der Waals surface area contributed by atoms with E-state index < -0.39 is 0 Å². The maximum Gasteiger partial charge on any atom is 0.306 e. The van der Waals surface area contributed by atoms with E-state index >= 15 is 0 Å². The standard InChI is InChI=1S/C27H36N6O3/c1-4-6-13-22-28-26(25-20(3)30-33(27(25)29-22)21-11-8-7-9-12-21)32-17-10-16-31(18-19-32)23(34)14-15-24(35)36-5-2/h7-9,11-12H,4-6,10,13-19H2,1-3H3. The van der Waals surface area contributed by atoms with Crippen LogP contribution in [0.4, 0.5) is 5.82 Å². The van der Waals surface area contributed by atoms with Crippen molar-refractivity contribution in [3.8, 4) is 5.69 Å². The van der Waals surface area contributed by atoms with Crippen molar-refractivity contribution < 1.29 is 14.3 Å². The van der Waals surface area contributed by atoms with Crippen LogP contribution < -0.4 is 4.90 Å². The van der Waals surface area contributed by atoms with Gasteiger partial charge in [0.25, 0.3) is 0 Å². The lowest BCUT2D eigenvalue weighted by molar-refractivity contribution is -0.145. The molecular formula is C27H36N6O3. The molecule has 3 aromatic rings. The molecule has 1 aliphatic heterocycles. The van der Waals surface area contributed by atoms with Gasteiger partial charge in [0.1, 0.15) is 11.6 Å². The van der Waals surface area contributed by atoms with E-state index in [1.165, 1.54) is 0 Å². The fraction of sp³-hybridized carbons (Fsp3) is 0.519. The van der Waals surface area contributed by atoms with Crippen molar-refractivity contribution in [1.29, 1.82) is 0 Å². The highest BCUT2D eigenvalue weighted by molar-refractivity contribution is 5.91. The Balaban J connectivity index is 1.61. The monoisotopic (exact) mass is 492 g/mol. The number of aryl methyl sites for hydroxylation is 2. The molecule has 0 saturated carbocycles. The lowest BCUT2D eigenvalue weighted by Crippen LogP contribution is -2.35. The van der Waals surface area contributed by atoms with E-state index in [-0.39, 0.29) is 24.7 Å². The summed E-state index contributed by atoms with van der Waals surface area (Å²) in [7, 11) is 0. The van der Waals surface area contributed by atoms with Gasteiger partial charge in [0.05, 0.1) is 29.8 Å². The maximum absolute atomic E-state index is 12.8. The Bertz CT molecular complexity index is 1190. The lowest BCUT2D eigenvalue weighted by Gasteiger charge is -2.24. The average Bonchev–Trinajstić information content (AvgIpc) is 3.05. The SMILES string of the molecule is CCCCc1nc(N2CCCN(C(=O)CCC(=O)OCC)CC2)c2c(C)nn(-c3ccccc3)c2n1. The zero-order valence-corrected chi connectivity index (χ0v) is 21.6. The third kappa shape index (κ3) is 5.83. The first kappa shape index (κ1) is 25.6. The van der Waals surface area contributed by atoms with Gasteiger partial charge < -0.3 is 14.5 Å². The molecule has 0 bridgehead atoms. The molecule has 9 nitrogen and oxygen atoms in total. The number of hydrogen-bond acceptors (Lipinski definition) is 7. The van der Waals surface area contributed by atoms with Crippen molar-refractivity contribution in [1.82, 2.24) is 24.6 Å². The number of aromatic nitrogens is 4. The minimum Gasteiger partial charge on any atom is -0.466 e. The van der Waals surface area contributed by atoms with Crippen LogP contribution in [0.2, 0.25) is 0 Å². The summed E-state index contributed by atoms with van der Waals surface area (Å²) in [5, 5.41) is 5.80. The van der Waals surface area contributed by atoms with E-state index in [0.29, 0.717) is 26.2 Å². The summed E-state index contributed by atoms with van der Waals surface area (Å²) in [6.45, 7) is 8.98. The Labute approximate surface area is 212 Å². The summed E-state index contributed by atoms with van der Waals surface area (Å²) in [6, 6.07) is 10.1. The number of hydrogen-bond donors (Lipinski definition) is 0. The summed E-state index contributed by atoms with van der Waals surface area (Å²) < 4.78 is 6.88. The fourth-order valence-corrected chi connectivity index (χ4v) is 4.61. The van der Waals surface area contributed by atoms with Crippen LogP contribution >= 0.6 is 0 Å². The maximum atomic E-state index is 12.8. The van der Waals surface area contributed by atoms with Gasteiger partial charge >= 0.3 is 5.97 Å². The first-order chi connectivity index (χ1) is 17.5. The van der Waals surface area contributed by atoms with Gasteiger partial charge in [0.2, 0.25) is 5.91 Å². The van der Waals surface area contributed by atoms with Gasteiger partial charge in [-0.05, 0) is 38.8 Å². The van der Waals surface area contributed by atoms with Gasteiger partial charge in [-0.15, -0.1) is 0 Å². The second-order valence-electron chi connectivity index (χ2n) is 9.12. The van der Waals surface area contributed by atoms with E-state index in [4.69, 9.17) is 19.8 Å². The van der Waals surface area contributed by atoms with E-state index in [2.05, 4.69) is 11.8 Å². The summed E-state index contributed by atoms with van der Waals surface area (Å²) >= 11 is 0. The van der Waals surface area contributed by atoms with Gasteiger partial charge in [-0.3, -0.25) is 9.59 Å². The highest BCUT2D eigenvalue weighted by atomic mass is 16.5. The number of anilines is 1. The number of carbonyl (C=O) groups is 2. The van der Waals surface area contributed by atoms with Crippen molar-refractivity contribution in [2.75, 3.05) is 37.7 Å². The summed E-state index contributed by atoms with van der Waals surface area (Å²) in [6.07, 6.45) is 4.03. The van der Waals surface area contributed by atoms with Crippen LogP contribution in [0.5, 0.6) is 0 Å². The zero-order chi connectivity index (χ0) is 25.5. The molecule has 9 heteroatoms. The number of rotatable bonds is 9. The number of esters is 1. The highest BCUT2D eigenvalue weighted by Crippen LogP contribution is 2.30. The Morgan fingerprint density at radius 3 is 2.56 bits per heavy atom. The second-order valence-corrected chi connectivity index (χ2v) is 9.12. The molecule has 36 heavy (non-hydrogen) atoms. The lowest BCUT2D eigenvalue weighted by atomic mass is 10.2. The van der Waals surface area contributed by atoms with Crippen LogP contribution in [0.3, 0.4) is 0 Å². The summed E-state index contributed by atoms with van der Waals surface area (Å²) in [5.74, 6) is 1.39. The fourth-order valence-electron chi connectivity index (χ4n) is 4.61. The topological polar surface area (TPSA) is 93.5 Å². The molecule has 2 aromatic heterocycles. The number of unbranched alkanes of at least 4 members (excludes halogenated alkanes) is 1. The molecule has 1 amide bonds. The Morgan fingerprint density at radius 1 is 1.00 bits per heavy atom.